The lowest BCUT2D eigenvalue weighted by molar-refractivity contribution is -0.130. The number of hydrogen-bond donors (Lipinski definition) is 2. The summed E-state index contributed by atoms with van der Waals surface area (Å²) in [7, 11) is 0. The number of ether oxygens (including phenoxy) is 1. The second kappa shape index (κ2) is 8.33. The van der Waals surface area contributed by atoms with Gasteiger partial charge in [0.05, 0.1) is 5.56 Å². The Hall–Kier alpha value is -2.15. The maximum absolute atomic E-state index is 13.5. The van der Waals surface area contributed by atoms with E-state index in [1.54, 1.807) is 6.92 Å². The van der Waals surface area contributed by atoms with E-state index in [-0.39, 0.29) is 16.5 Å². The molecule has 0 aliphatic heterocycles. The molecule has 2 N–H and O–H groups in total. The van der Waals surface area contributed by atoms with E-state index in [9.17, 15) is 18.8 Å². The molecule has 8 heteroatoms. The minimum atomic E-state index is -0.991. The summed E-state index contributed by atoms with van der Waals surface area (Å²) in [5, 5.41) is 5.02. The van der Waals surface area contributed by atoms with Crippen LogP contribution in [0.1, 0.15) is 24.2 Å². The van der Waals surface area contributed by atoms with Gasteiger partial charge in [-0.3, -0.25) is 9.59 Å². The van der Waals surface area contributed by atoms with Crippen molar-refractivity contribution in [3.8, 4) is 0 Å². The summed E-state index contributed by atoms with van der Waals surface area (Å²) >= 11 is 5.57. The summed E-state index contributed by atoms with van der Waals surface area (Å²) in [5.74, 6) is -2.85. The summed E-state index contributed by atoms with van der Waals surface area (Å²) in [6.07, 6.45) is 0. The van der Waals surface area contributed by atoms with Crippen molar-refractivity contribution < 1.29 is 23.5 Å². The Morgan fingerprint density at radius 3 is 2.64 bits per heavy atom. The first-order valence-corrected chi connectivity index (χ1v) is 6.92. The maximum atomic E-state index is 13.5. The summed E-state index contributed by atoms with van der Waals surface area (Å²) in [4.78, 5) is 34.6. The summed E-state index contributed by atoms with van der Waals surface area (Å²) in [6.45, 7) is 3.05. The van der Waals surface area contributed by atoms with Crippen LogP contribution >= 0.6 is 11.6 Å². The fourth-order valence-corrected chi connectivity index (χ4v) is 1.70. The van der Waals surface area contributed by atoms with Crippen molar-refractivity contribution >= 4 is 29.4 Å². The number of nitrogens with one attached hydrogen (secondary N) is 2. The van der Waals surface area contributed by atoms with Crippen molar-refractivity contribution in [2.24, 2.45) is 0 Å². The molecule has 0 saturated heterocycles. The van der Waals surface area contributed by atoms with E-state index in [1.165, 1.54) is 13.0 Å². The number of benzene rings is 1. The van der Waals surface area contributed by atoms with Crippen LogP contribution in [0.4, 0.5) is 4.39 Å². The fraction of sp³-hybridized carbons (Fsp3) is 0.357. The third kappa shape index (κ3) is 5.33. The number of hydrogen-bond acceptors (Lipinski definition) is 4. The molecule has 1 aromatic carbocycles. The molecule has 1 aromatic rings. The molecule has 2 amide bonds. The van der Waals surface area contributed by atoms with Gasteiger partial charge in [0.2, 0.25) is 5.91 Å². The molecule has 1 rings (SSSR count). The van der Waals surface area contributed by atoms with Crippen molar-refractivity contribution in [1.82, 2.24) is 10.6 Å². The van der Waals surface area contributed by atoms with Gasteiger partial charge >= 0.3 is 5.97 Å². The van der Waals surface area contributed by atoms with Crippen molar-refractivity contribution in [2.45, 2.75) is 19.9 Å². The average Bonchev–Trinajstić information content (AvgIpc) is 2.45. The van der Waals surface area contributed by atoms with Gasteiger partial charge in [-0.05, 0) is 32.0 Å². The Kier molecular flexibility index (Phi) is 6.78. The lowest BCUT2D eigenvalue weighted by Crippen LogP contribution is -2.46. The van der Waals surface area contributed by atoms with E-state index in [4.69, 9.17) is 11.6 Å². The first-order chi connectivity index (χ1) is 10.3. The van der Waals surface area contributed by atoms with Crippen LogP contribution in [0, 0.1) is 5.82 Å². The number of rotatable bonds is 6. The molecule has 0 unspecified atom stereocenters. The smallest absolute Gasteiger partial charge is 0.341 e. The molecule has 0 heterocycles. The topological polar surface area (TPSA) is 84.5 Å². The lowest BCUT2D eigenvalue weighted by atomic mass is 10.2. The van der Waals surface area contributed by atoms with Gasteiger partial charge in [0.25, 0.3) is 5.91 Å². The molecule has 1 atom stereocenters. The Balaban J connectivity index is 2.50. The zero-order valence-electron chi connectivity index (χ0n) is 12.1. The molecule has 0 aliphatic rings. The Bertz CT molecular complexity index is 580. The summed E-state index contributed by atoms with van der Waals surface area (Å²) in [5.41, 5.74) is -0.325. The predicted molar refractivity (Wildman–Crippen MR) is 78.0 cm³/mol. The molecule has 0 aliphatic carbocycles. The molecule has 0 radical (unpaired) electrons. The third-order valence-electron chi connectivity index (χ3n) is 2.61. The molecule has 0 spiro atoms. The SMILES string of the molecule is CCNC(=O)[C@H](C)NC(=O)COC(=O)c1ccc(Cl)cc1F. The molecule has 0 aromatic heterocycles. The summed E-state index contributed by atoms with van der Waals surface area (Å²) in [6, 6.07) is 2.70. The van der Waals surface area contributed by atoms with Gasteiger partial charge in [0.1, 0.15) is 11.9 Å². The van der Waals surface area contributed by atoms with E-state index in [0.717, 1.165) is 12.1 Å². The Labute approximate surface area is 132 Å². The standard InChI is InChI=1S/C14H16ClFN2O4/c1-3-17-13(20)8(2)18-12(19)7-22-14(21)10-5-4-9(15)6-11(10)16/h4-6,8H,3,7H2,1-2H3,(H,17,20)(H,18,19)/t8-/m0/s1. The van der Waals surface area contributed by atoms with E-state index < -0.39 is 30.3 Å². The van der Waals surface area contributed by atoms with Gasteiger partial charge in [0.15, 0.2) is 6.61 Å². The summed E-state index contributed by atoms with van der Waals surface area (Å²) < 4.78 is 18.2. The van der Waals surface area contributed by atoms with Gasteiger partial charge in [-0.1, -0.05) is 11.6 Å². The number of carbonyl (C=O) groups excluding carboxylic acids is 3. The zero-order valence-corrected chi connectivity index (χ0v) is 12.9. The zero-order chi connectivity index (χ0) is 16.7. The van der Waals surface area contributed by atoms with E-state index >= 15 is 0 Å². The van der Waals surface area contributed by atoms with Crippen LogP contribution in [0.15, 0.2) is 18.2 Å². The lowest BCUT2D eigenvalue weighted by Gasteiger charge is -2.13. The van der Waals surface area contributed by atoms with Crippen molar-refractivity contribution in [2.75, 3.05) is 13.2 Å². The molecular weight excluding hydrogens is 315 g/mol. The van der Waals surface area contributed by atoms with Crippen LogP contribution in [0.5, 0.6) is 0 Å². The normalized spacial score (nSPS) is 11.5. The monoisotopic (exact) mass is 330 g/mol. The third-order valence-corrected chi connectivity index (χ3v) is 2.84. The molecule has 0 bridgehead atoms. The van der Waals surface area contributed by atoms with Crippen molar-refractivity contribution in [1.29, 1.82) is 0 Å². The largest absolute Gasteiger partial charge is 0.452 e. The van der Waals surface area contributed by atoms with E-state index in [1.807, 2.05) is 0 Å². The Morgan fingerprint density at radius 1 is 1.36 bits per heavy atom. The molecule has 0 fully saturated rings. The van der Waals surface area contributed by atoms with Gasteiger partial charge < -0.3 is 15.4 Å². The van der Waals surface area contributed by atoms with Crippen LogP contribution in [-0.4, -0.2) is 37.0 Å². The highest BCUT2D eigenvalue weighted by Gasteiger charge is 2.18. The van der Waals surface area contributed by atoms with Crippen molar-refractivity contribution in [3.63, 3.8) is 0 Å². The van der Waals surface area contributed by atoms with Gasteiger partial charge in [-0.15, -0.1) is 0 Å². The average molecular weight is 331 g/mol. The highest BCUT2D eigenvalue weighted by atomic mass is 35.5. The molecule has 120 valence electrons. The minimum absolute atomic E-state index is 0.141. The predicted octanol–water partition coefficient (Wildman–Crippen LogP) is 1.28. The number of halogens is 2. The molecule has 22 heavy (non-hydrogen) atoms. The van der Waals surface area contributed by atoms with E-state index in [2.05, 4.69) is 15.4 Å². The number of esters is 1. The number of carbonyl (C=O) groups is 3. The van der Waals surface area contributed by atoms with Gasteiger partial charge in [0, 0.05) is 11.6 Å². The van der Waals surface area contributed by atoms with Crippen LogP contribution in [-0.2, 0) is 14.3 Å². The number of likely N-dealkylation sites (N-methyl/N-ethyl adjacent to an activating group) is 1. The second-order valence-electron chi connectivity index (χ2n) is 4.38. The Morgan fingerprint density at radius 2 is 2.05 bits per heavy atom. The fourth-order valence-electron chi connectivity index (χ4n) is 1.54. The van der Waals surface area contributed by atoms with Gasteiger partial charge in [-0.25, -0.2) is 9.18 Å². The quantitative estimate of drug-likeness (QED) is 0.769. The molecule has 6 nitrogen and oxygen atoms in total. The highest BCUT2D eigenvalue weighted by Crippen LogP contribution is 2.15. The second-order valence-corrected chi connectivity index (χ2v) is 4.82. The first-order valence-electron chi connectivity index (χ1n) is 6.54. The van der Waals surface area contributed by atoms with Crippen LogP contribution in [0.25, 0.3) is 0 Å². The van der Waals surface area contributed by atoms with Gasteiger partial charge in [-0.2, -0.15) is 0 Å². The molecular formula is C14H16ClFN2O4. The maximum Gasteiger partial charge on any atom is 0.341 e. The van der Waals surface area contributed by atoms with Crippen molar-refractivity contribution in [3.05, 3.63) is 34.6 Å². The highest BCUT2D eigenvalue weighted by molar-refractivity contribution is 6.30. The van der Waals surface area contributed by atoms with Crippen LogP contribution in [0.2, 0.25) is 5.02 Å². The number of amides is 2. The first kappa shape index (κ1) is 17.9. The van der Waals surface area contributed by atoms with Crippen LogP contribution in [0.3, 0.4) is 0 Å². The van der Waals surface area contributed by atoms with E-state index in [0.29, 0.717) is 6.54 Å². The van der Waals surface area contributed by atoms with Crippen LogP contribution < -0.4 is 10.6 Å². The minimum Gasteiger partial charge on any atom is -0.452 e. The molecule has 0 saturated carbocycles.